The Labute approximate surface area is 98.2 Å². The predicted octanol–water partition coefficient (Wildman–Crippen LogP) is 1.33. The molecule has 1 fully saturated rings. The summed E-state index contributed by atoms with van der Waals surface area (Å²) in [6.07, 6.45) is 0. The van der Waals surface area contributed by atoms with Gasteiger partial charge in [-0.2, -0.15) is 5.26 Å². The lowest BCUT2D eigenvalue weighted by molar-refractivity contribution is -0.146. The van der Waals surface area contributed by atoms with Crippen LogP contribution < -0.4 is 4.90 Å². The summed E-state index contributed by atoms with van der Waals surface area (Å²) in [6.45, 7) is 0.238. The fourth-order valence-electron chi connectivity index (χ4n) is 1.65. The summed E-state index contributed by atoms with van der Waals surface area (Å²) in [4.78, 5) is 13.4. The van der Waals surface area contributed by atoms with Crippen molar-refractivity contribution in [1.29, 1.82) is 5.26 Å². The molecule has 1 amide bonds. The van der Waals surface area contributed by atoms with E-state index in [4.69, 9.17) is 10.00 Å². The summed E-state index contributed by atoms with van der Waals surface area (Å²) in [5.41, 5.74) is -0.527. The number of amides is 1. The van der Waals surface area contributed by atoms with Gasteiger partial charge in [0.05, 0.1) is 19.3 Å². The second kappa shape index (κ2) is 4.15. The van der Waals surface area contributed by atoms with Crippen LogP contribution in [-0.2, 0) is 9.53 Å². The molecule has 0 unspecified atom stereocenters. The Balaban J connectivity index is 2.20. The van der Waals surface area contributed by atoms with Crippen LogP contribution in [0.5, 0.6) is 0 Å². The van der Waals surface area contributed by atoms with Gasteiger partial charge in [-0.05, 0) is 24.3 Å². The van der Waals surface area contributed by atoms with Crippen LogP contribution >= 0.6 is 0 Å². The standard InChI is InChI=1S/C12H11FN2O2/c1-15(10-4-2-9(13)3-5-10)11(16)12(6-14)7-17-8-12/h2-5H,7-8H2,1H3. The molecule has 4 nitrogen and oxygen atoms in total. The van der Waals surface area contributed by atoms with Gasteiger partial charge in [-0.15, -0.1) is 0 Å². The molecule has 1 aliphatic rings. The molecule has 0 atom stereocenters. The van der Waals surface area contributed by atoms with Gasteiger partial charge in [-0.1, -0.05) is 0 Å². The number of carbonyl (C=O) groups is 1. The highest BCUT2D eigenvalue weighted by Crippen LogP contribution is 2.30. The van der Waals surface area contributed by atoms with E-state index in [9.17, 15) is 9.18 Å². The fourth-order valence-corrected chi connectivity index (χ4v) is 1.65. The number of rotatable bonds is 2. The average Bonchev–Trinajstić information content (AvgIpc) is 2.28. The number of benzene rings is 1. The van der Waals surface area contributed by atoms with Gasteiger partial charge < -0.3 is 9.64 Å². The third-order valence-electron chi connectivity index (χ3n) is 2.84. The molecule has 5 heteroatoms. The Bertz CT molecular complexity index is 474. The number of carbonyl (C=O) groups excluding carboxylic acids is 1. The van der Waals surface area contributed by atoms with Crippen molar-refractivity contribution < 1.29 is 13.9 Å². The monoisotopic (exact) mass is 234 g/mol. The normalized spacial score (nSPS) is 16.8. The first-order chi connectivity index (χ1) is 8.09. The van der Waals surface area contributed by atoms with Crippen LogP contribution in [0.15, 0.2) is 24.3 Å². The molecule has 1 heterocycles. The minimum atomic E-state index is -1.08. The van der Waals surface area contributed by atoms with E-state index in [1.54, 1.807) is 7.05 Å². The zero-order valence-electron chi connectivity index (χ0n) is 9.31. The van der Waals surface area contributed by atoms with E-state index in [0.29, 0.717) is 5.69 Å². The Kier molecular flexibility index (Phi) is 2.82. The predicted molar refractivity (Wildman–Crippen MR) is 58.7 cm³/mol. The van der Waals surface area contributed by atoms with Gasteiger partial charge in [0.25, 0.3) is 5.91 Å². The Hall–Kier alpha value is -1.93. The Morgan fingerprint density at radius 2 is 2.06 bits per heavy atom. The van der Waals surface area contributed by atoms with Crippen LogP contribution in [0.4, 0.5) is 10.1 Å². The van der Waals surface area contributed by atoms with E-state index in [1.165, 1.54) is 29.2 Å². The topological polar surface area (TPSA) is 53.3 Å². The Morgan fingerprint density at radius 1 is 1.47 bits per heavy atom. The van der Waals surface area contributed by atoms with Crippen molar-refractivity contribution in [3.63, 3.8) is 0 Å². The molecule has 1 aliphatic heterocycles. The van der Waals surface area contributed by atoms with Gasteiger partial charge in [0, 0.05) is 12.7 Å². The number of hydrogen-bond acceptors (Lipinski definition) is 3. The van der Waals surface area contributed by atoms with E-state index in [1.807, 2.05) is 6.07 Å². The van der Waals surface area contributed by atoms with E-state index in [0.717, 1.165) is 0 Å². The lowest BCUT2D eigenvalue weighted by Crippen LogP contribution is -2.53. The number of nitrogens with zero attached hydrogens (tertiary/aromatic N) is 2. The quantitative estimate of drug-likeness (QED) is 0.775. The number of hydrogen-bond donors (Lipinski definition) is 0. The lowest BCUT2D eigenvalue weighted by Gasteiger charge is -2.36. The van der Waals surface area contributed by atoms with Crippen LogP contribution in [0, 0.1) is 22.6 Å². The fraction of sp³-hybridized carbons (Fsp3) is 0.333. The molecule has 1 aromatic carbocycles. The van der Waals surface area contributed by atoms with Crippen molar-refractivity contribution in [2.75, 3.05) is 25.2 Å². The van der Waals surface area contributed by atoms with Gasteiger partial charge in [0.15, 0.2) is 5.41 Å². The summed E-state index contributed by atoms with van der Waals surface area (Å²) in [6, 6.07) is 7.53. The zero-order chi connectivity index (χ0) is 12.5. The lowest BCUT2D eigenvalue weighted by atomic mass is 9.86. The minimum Gasteiger partial charge on any atom is -0.377 e. The number of halogens is 1. The van der Waals surface area contributed by atoms with Crippen molar-refractivity contribution in [3.05, 3.63) is 30.1 Å². The van der Waals surface area contributed by atoms with Gasteiger partial charge in [-0.25, -0.2) is 4.39 Å². The maximum Gasteiger partial charge on any atom is 0.252 e. The smallest absolute Gasteiger partial charge is 0.252 e. The van der Waals surface area contributed by atoms with Gasteiger partial charge >= 0.3 is 0 Å². The molecule has 0 aromatic heterocycles. The highest BCUT2D eigenvalue weighted by molar-refractivity contribution is 5.99. The van der Waals surface area contributed by atoms with Crippen LogP contribution in [0.1, 0.15) is 0 Å². The zero-order valence-corrected chi connectivity index (χ0v) is 9.31. The molecule has 17 heavy (non-hydrogen) atoms. The maximum atomic E-state index is 12.8. The summed E-state index contributed by atoms with van der Waals surface area (Å²) < 4.78 is 17.7. The molecule has 0 bridgehead atoms. The second-order valence-corrected chi connectivity index (χ2v) is 4.03. The maximum absolute atomic E-state index is 12.8. The summed E-state index contributed by atoms with van der Waals surface area (Å²) in [5, 5.41) is 9.01. The van der Waals surface area contributed by atoms with E-state index in [2.05, 4.69) is 0 Å². The highest BCUT2D eigenvalue weighted by atomic mass is 19.1. The number of ether oxygens (including phenoxy) is 1. The molecule has 2 rings (SSSR count). The van der Waals surface area contributed by atoms with E-state index in [-0.39, 0.29) is 24.9 Å². The third-order valence-corrected chi connectivity index (χ3v) is 2.84. The first kappa shape index (κ1) is 11.6. The average molecular weight is 234 g/mol. The van der Waals surface area contributed by atoms with Crippen molar-refractivity contribution in [2.45, 2.75) is 0 Å². The first-order valence-corrected chi connectivity index (χ1v) is 5.12. The minimum absolute atomic E-state index is 0.119. The van der Waals surface area contributed by atoms with Crippen molar-refractivity contribution >= 4 is 11.6 Å². The van der Waals surface area contributed by atoms with Crippen molar-refractivity contribution in [2.24, 2.45) is 5.41 Å². The molecule has 0 saturated carbocycles. The molecule has 88 valence electrons. The molecule has 0 radical (unpaired) electrons. The largest absolute Gasteiger partial charge is 0.377 e. The van der Waals surface area contributed by atoms with Crippen molar-refractivity contribution in [1.82, 2.24) is 0 Å². The summed E-state index contributed by atoms with van der Waals surface area (Å²) in [5.74, 6) is -0.686. The van der Waals surface area contributed by atoms with Crippen LogP contribution in [0.25, 0.3) is 0 Å². The molecular weight excluding hydrogens is 223 g/mol. The number of nitriles is 1. The summed E-state index contributed by atoms with van der Waals surface area (Å²) in [7, 11) is 1.56. The van der Waals surface area contributed by atoms with Crippen LogP contribution in [-0.4, -0.2) is 26.2 Å². The van der Waals surface area contributed by atoms with Gasteiger partial charge in [-0.3, -0.25) is 4.79 Å². The van der Waals surface area contributed by atoms with Crippen molar-refractivity contribution in [3.8, 4) is 6.07 Å². The number of anilines is 1. The molecule has 0 aliphatic carbocycles. The second-order valence-electron chi connectivity index (χ2n) is 4.03. The van der Waals surface area contributed by atoms with Crippen LogP contribution in [0.2, 0.25) is 0 Å². The molecule has 1 aromatic rings. The third kappa shape index (κ3) is 1.87. The van der Waals surface area contributed by atoms with E-state index >= 15 is 0 Å². The molecule has 1 saturated heterocycles. The molecule has 0 N–H and O–H groups in total. The highest BCUT2D eigenvalue weighted by Gasteiger charge is 2.48. The van der Waals surface area contributed by atoms with Gasteiger partial charge in [0.1, 0.15) is 5.82 Å². The van der Waals surface area contributed by atoms with E-state index < -0.39 is 5.41 Å². The summed E-state index contributed by atoms with van der Waals surface area (Å²) >= 11 is 0. The first-order valence-electron chi connectivity index (χ1n) is 5.12. The Morgan fingerprint density at radius 3 is 2.47 bits per heavy atom. The SMILES string of the molecule is CN(C(=O)C1(C#N)COC1)c1ccc(F)cc1. The van der Waals surface area contributed by atoms with Gasteiger partial charge in [0.2, 0.25) is 0 Å². The van der Waals surface area contributed by atoms with Crippen LogP contribution in [0.3, 0.4) is 0 Å². The molecule has 0 spiro atoms. The molecular formula is C12H11FN2O2.